The van der Waals surface area contributed by atoms with Gasteiger partial charge in [-0.05, 0) is 31.9 Å². The van der Waals surface area contributed by atoms with E-state index in [1.807, 2.05) is 25.7 Å². The number of hydrogen-bond acceptors (Lipinski definition) is 9. The molecule has 10 nitrogen and oxygen atoms in total. The summed E-state index contributed by atoms with van der Waals surface area (Å²) in [5.74, 6) is 1.20. The van der Waals surface area contributed by atoms with Gasteiger partial charge in [0.05, 0.1) is 38.4 Å². The third kappa shape index (κ3) is 7.92. The summed E-state index contributed by atoms with van der Waals surface area (Å²) >= 11 is 0. The summed E-state index contributed by atoms with van der Waals surface area (Å²) in [6.07, 6.45) is 0.303. The minimum Gasteiger partial charge on any atom is -0.481 e. The topological polar surface area (TPSA) is 89.5 Å². The van der Waals surface area contributed by atoms with Crippen LogP contribution >= 0.6 is 0 Å². The molecule has 3 aromatic rings. The lowest BCUT2D eigenvalue weighted by Crippen LogP contribution is -2.67. The molecule has 5 rings (SSSR count). The van der Waals surface area contributed by atoms with E-state index in [1.165, 1.54) is 11.1 Å². The van der Waals surface area contributed by atoms with E-state index < -0.39 is 0 Å². The number of carbonyl (C=O) groups is 1. The van der Waals surface area contributed by atoms with Gasteiger partial charge >= 0.3 is 6.01 Å². The van der Waals surface area contributed by atoms with Gasteiger partial charge in [-0.2, -0.15) is 9.97 Å². The summed E-state index contributed by atoms with van der Waals surface area (Å²) in [7, 11) is 3.26. The van der Waals surface area contributed by atoms with Gasteiger partial charge in [0.1, 0.15) is 0 Å². The zero-order chi connectivity index (χ0) is 31.8. The molecule has 2 saturated heterocycles. The maximum Gasteiger partial charge on any atom is 0.323 e. The summed E-state index contributed by atoms with van der Waals surface area (Å²) < 4.78 is 22.9. The first-order chi connectivity index (χ1) is 21.9. The Morgan fingerprint density at radius 2 is 1.58 bits per heavy atom. The monoisotopic (exact) mass is 617 g/mol. The number of piperazine rings is 2. The molecular formula is C35H47N5O5. The maximum atomic E-state index is 13.1. The Morgan fingerprint density at radius 1 is 0.911 bits per heavy atom. The second-order valence-corrected chi connectivity index (χ2v) is 11.9. The quantitative estimate of drug-likeness (QED) is 0.280. The lowest BCUT2D eigenvalue weighted by Gasteiger charge is -2.53. The SMILES string of the molecule is CCOc1nc(OC)c(CN2CC3CN(C(=O)CCOC)CCN3C(C(c3ccccc3)c3ccccc3)C2)c(OC(C)C)n1. The minimum absolute atomic E-state index is 0.0898. The second-order valence-electron chi connectivity index (χ2n) is 11.9. The molecule has 45 heavy (non-hydrogen) atoms. The predicted octanol–water partition coefficient (Wildman–Crippen LogP) is 4.24. The number of ether oxygens (including phenoxy) is 4. The number of rotatable bonds is 13. The fraction of sp³-hybridized carbons (Fsp3) is 0.514. The van der Waals surface area contributed by atoms with Gasteiger partial charge < -0.3 is 23.8 Å². The first-order valence-corrected chi connectivity index (χ1v) is 16.0. The molecule has 10 heteroatoms. The number of fused-ring (bicyclic) bond motifs is 1. The van der Waals surface area contributed by atoms with E-state index in [4.69, 9.17) is 18.9 Å². The van der Waals surface area contributed by atoms with Crippen LogP contribution in [0.4, 0.5) is 0 Å². The molecule has 0 bridgehead atoms. The van der Waals surface area contributed by atoms with Crippen LogP contribution in [0.2, 0.25) is 0 Å². The van der Waals surface area contributed by atoms with E-state index in [2.05, 4.69) is 80.4 Å². The van der Waals surface area contributed by atoms with E-state index in [9.17, 15) is 4.79 Å². The van der Waals surface area contributed by atoms with Gasteiger partial charge in [0.2, 0.25) is 17.7 Å². The van der Waals surface area contributed by atoms with Crippen molar-refractivity contribution in [3.05, 3.63) is 77.4 Å². The molecular weight excluding hydrogens is 570 g/mol. The first-order valence-electron chi connectivity index (χ1n) is 16.0. The van der Waals surface area contributed by atoms with Crippen molar-refractivity contribution >= 4 is 5.91 Å². The Labute approximate surface area is 267 Å². The van der Waals surface area contributed by atoms with Crippen LogP contribution in [-0.4, -0.2) is 109 Å². The molecule has 0 N–H and O–H groups in total. The summed E-state index contributed by atoms with van der Waals surface area (Å²) in [6, 6.07) is 22.1. The van der Waals surface area contributed by atoms with Crippen LogP contribution in [0.1, 0.15) is 49.8 Å². The number of amides is 1. The lowest BCUT2D eigenvalue weighted by molar-refractivity contribution is -0.137. The molecule has 2 unspecified atom stereocenters. The molecule has 2 aromatic carbocycles. The smallest absolute Gasteiger partial charge is 0.323 e. The van der Waals surface area contributed by atoms with Crippen molar-refractivity contribution in [1.29, 1.82) is 0 Å². The Hall–Kier alpha value is -3.73. The van der Waals surface area contributed by atoms with E-state index in [-0.39, 0.29) is 36.0 Å². The van der Waals surface area contributed by atoms with Crippen LogP contribution in [0.5, 0.6) is 17.8 Å². The van der Waals surface area contributed by atoms with Crippen LogP contribution in [0.25, 0.3) is 0 Å². The normalized spacial score (nSPS) is 19.0. The highest BCUT2D eigenvalue weighted by Crippen LogP contribution is 2.37. The number of methoxy groups -OCH3 is 2. The zero-order valence-electron chi connectivity index (χ0n) is 27.2. The Bertz CT molecular complexity index is 1340. The summed E-state index contributed by atoms with van der Waals surface area (Å²) in [5.41, 5.74) is 3.35. The maximum absolute atomic E-state index is 13.1. The molecule has 1 amide bonds. The number of aromatic nitrogens is 2. The number of nitrogens with zero attached hydrogens (tertiary/aromatic N) is 5. The standard InChI is InChI=1S/C35H47N5O5/c1-6-44-35-36-33(43-5)29(34(37-35)45-25(2)3)23-38-21-28-22-39(31(41)17-20-42-4)18-19-40(28)30(24-38)32(26-13-9-7-10-14-26)27-15-11-8-12-16-27/h7-16,25,28,30,32H,6,17-24H2,1-5H3. The van der Waals surface area contributed by atoms with Crippen molar-refractivity contribution in [2.45, 2.75) is 57.8 Å². The largest absolute Gasteiger partial charge is 0.481 e. The lowest BCUT2D eigenvalue weighted by atomic mass is 9.81. The summed E-state index contributed by atoms with van der Waals surface area (Å²) in [6.45, 7) is 11.0. The van der Waals surface area contributed by atoms with Crippen LogP contribution < -0.4 is 14.2 Å². The first kappa shape index (κ1) is 32.7. The van der Waals surface area contributed by atoms with Crippen molar-refractivity contribution in [2.75, 3.05) is 60.2 Å². The van der Waals surface area contributed by atoms with E-state index >= 15 is 0 Å². The second kappa shape index (κ2) is 15.5. The van der Waals surface area contributed by atoms with Gasteiger partial charge in [0, 0.05) is 64.4 Å². The molecule has 2 aliphatic heterocycles. The fourth-order valence-electron chi connectivity index (χ4n) is 6.64. The van der Waals surface area contributed by atoms with Crippen LogP contribution in [0.3, 0.4) is 0 Å². The number of hydrogen-bond donors (Lipinski definition) is 0. The Morgan fingerprint density at radius 3 is 2.18 bits per heavy atom. The average molecular weight is 618 g/mol. The number of carbonyl (C=O) groups excluding carboxylic acids is 1. The van der Waals surface area contributed by atoms with Gasteiger partial charge in [0.25, 0.3) is 0 Å². The molecule has 0 saturated carbocycles. The highest BCUT2D eigenvalue weighted by molar-refractivity contribution is 5.76. The molecule has 3 heterocycles. The van der Waals surface area contributed by atoms with Crippen molar-refractivity contribution in [2.24, 2.45) is 0 Å². The van der Waals surface area contributed by atoms with Crippen molar-refractivity contribution in [1.82, 2.24) is 24.7 Å². The van der Waals surface area contributed by atoms with Gasteiger partial charge in [0.15, 0.2) is 0 Å². The number of benzene rings is 2. The molecule has 1 aromatic heterocycles. The highest BCUT2D eigenvalue weighted by Gasteiger charge is 2.43. The third-order valence-corrected chi connectivity index (χ3v) is 8.55. The molecule has 0 spiro atoms. The Balaban J connectivity index is 1.53. The molecule has 242 valence electrons. The Kier molecular flexibility index (Phi) is 11.3. The predicted molar refractivity (Wildman–Crippen MR) is 173 cm³/mol. The van der Waals surface area contributed by atoms with Crippen molar-refractivity contribution in [3.63, 3.8) is 0 Å². The van der Waals surface area contributed by atoms with E-state index in [1.54, 1.807) is 14.2 Å². The van der Waals surface area contributed by atoms with Gasteiger partial charge in [-0.1, -0.05) is 60.7 Å². The molecule has 2 fully saturated rings. The van der Waals surface area contributed by atoms with E-state index in [0.717, 1.165) is 25.2 Å². The summed E-state index contributed by atoms with van der Waals surface area (Å²) in [5, 5.41) is 0. The zero-order valence-corrected chi connectivity index (χ0v) is 27.2. The molecule has 0 radical (unpaired) electrons. The highest BCUT2D eigenvalue weighted by atomic mass is 16.5. The molecule has 2 atom stereocenters. The molecule has 2 aliphatic rings. The van der Waals surface area contributed by atoms with Crippen LogP contribution in [-0.2, 0) is 16.1 Å². The van der Waals surface area contributed by atoms with E-state index in [0.29, 0.717) is 51.0 Å². The fourth-order valence-corrected chi connectivity index (χ4v) is 6.64. The summed E-state index contributed by atoms with van der Waals surface area (Å²) in [4.78, 5) is 29.4. The van der Waals surface area contributed by atoms with Crippen molar-refractivity contribution < 1.29 is 23.7 Å². The average Bonchev–Trinajstić information content (AvgIpc) is 3.05. The molecule has 0 aliphatic carbocycles. The van der Waals surface area contributed by atoms with Gasteiger partial charge in [-0.25, -0.2) is 0 Å². The van der Waals surface area contributed by atoms with Crippen molar-refractivity contribution in [3.8, 4) is 17.8 Å². The third-order valence-electron chi connectivity index (χ3n) is 8.55. The minimum atomic E-state index is -0.0898. The van der Waals surface area contributed by atoms with Crippen LogP contribution in [0.15, 0.2) is 60.7 Å². The van der Waals surface area contributed by atoms with Gasteiger partial charge in [-0.15, -0.1) is 0 Å². The van der Waals surface area contributed by atoms with Gasteiger partial charge in [-0.3, -0.25) is 14.6 Å². The van der Waals surface area contributed by atoms with Crippen LogP contribution in [0, 0.1) is 0 Å².